The number of imide groups is 1. The largest absolute Gasteiger partial charge is 0.355 e. The van der Waals surface area contributed by atoms with Gasteiger partial charge in [0.05, 0.1) is 17.2 Å². The summed E-state index contributed by atoms with van der Waals surface area (Å²) < 4.78 is 0. The number of benzene rings is 1. The quantitative estimate of drug-likeness (QED) is 0.787. The van der Waals surface area contributed by atoms with Gasteiger partial charge < -0.3 is 10.2 Å². The Morgan fingerprint density at radius 3 is 2.68 bits per heavy atom. The molecule has 1 aromatic rings. The number of carbonyl (C=O) groups is 4. The third kappa shape index (κ3) is 2.63. The summed E-state index contributed by atoms with van der Waals surface area (Å²) in [6, 6.07) is 6.35. The van der Waals surface area contributed by atoms with Crippen LogP contribution in [0.5, 0.6) is 0 Å². The van der Waals surface area contributed by atoms with Gasteiger partial charge in [-0.05, 0) is 12.1 Å². The van der Waals surface area contributed by atoms with Crippen LogP contribution in [0.15, 0.2) is 24.3 Å². The number of likely N-dealkylation sites (tertiary alicyclic amines) is 1. The maximum atomic E-state index is 13.0. The standard InChI is InChI=1S/C17H18N4O4/c22-14-5-6-21(17(25)19-14)13-4-2-1-3-11(13)16(24)20-8-10-7-18-15(23)12(10)9-20/h1-4,10,12H,5-9H2,(H,18,23)(H,19,22,25)/t10-,12+/m0/s1. The predicted molar refractivity (Wildman–Crippen MR) is 87.8 cm³/mol. The highest BCUT2D eigenvalue weighted by atomic mass is 16.2. The van der Waals surface area contributed by atoms with E-state index < -0.39 is 6.03 Å². The average Bonchev–Trinajstić information content (AvgIpc) is 3.17. The fourth-order valence-electron chi connectivity index (χ4n) is 3.76. The van der Waals surface area contributed by atoms with E-state index in [4.69, 9.17) is 0 Å². The highest BCUT2D eigenvalue weighted by molar-refractivity contribution is 6.09. The number of nitrogens with one attached hydrogen (secondary N) is 2. The maximum Gasteiger partial charge on any atom is 0.328 e. The van der Waals surface area contributed by atoms with E-state index in [1.54, 1.807) is 29.2 Å². The van der Waals surface area contributed by atoms with Gasteiger partial charge in [-0.3, -0.25) is 24.6 Å². The number of amides is 5. The lowest BCUT2D eigenvalue weighted by molar-refractivity contribution is -0.122. The molecule has 3 fully saturated rings. The summed E-state index contributed by atoms with van der Waals surface area (Å²) in [5.41, 5.74) is 0.895. The van der Waals surface area contributed by atoms with Gasteiger partial charge in [0.2, 0.25) is 11.8 Å². The molecule has 0 unspecified atom stereocenters. The Hall–Kier alpha value is -2.90. The van der Waals surface area contributed by atoms with E-state index in [9.17, 15) is 19.2 Å². The summed E-state index contributed by atoms with van der Waals surface area (Å²) >= 11 is 0. The van der Waals surface area contributed by atoms with Crippen LogP contribution < -0.4 is 15.5 Å². The molecule has 8 nitrogen and oxygen atoms in total. The van der Waals surface area contributed by atoms with Crippen molar-refractivity contribution in [1.29, 1.82) is 0 Å². The van der Waals surface area contributed by atoms with Gasteiger partial charge in [0.1, 0.15) is 0 Å². The molecule has 0 aliphatic carbocycles. The highest BCUT2D eigenvalue weighted by Gasteiger charge is 2.44. The Kier molecular flexibility index (Phi) is 3.67. The smallest absolute Gasteiger partial charge is 0.328 e. The second-order valence-electron chi connectivity index (χ2n) is 6.59. The Morgan fingerprint density at radius 2 is 1.92 bits per heavy atom. The van der Waals surface area contributed by atoms with Gasteiger partial charge in [-0.1, -0.05) is 12.1 Å². The Bertz CT molecular complexity index is 778. The molecule has 3 aliphatic rings. The van der Waals surface area contributed by atoms with Crippen molar-refractivity contribution < 1.29 is 19.2 Å². The first-order chi connectivity index (χ1) is 12.0. The lowest BCUT2D eigenvalue weighted by atomic mass is 10.0. The molecule has 8 heteroatoms. The number of urea groups is 1. The van der Waals surface area contributed by atoms with E-state index in [2.05, 4.69) is 10.6 Å². The molecule has 0 aromatic heterocycles. The third-order valence-corrected chi connectivity index (χ3v) is 5.08. The number of para-hydroxylation sites is 1. The van der Waals surface area contributed by atoms with E-state index in [0.29, 0.717) is 30.9 Å². The van der Waals surface area contributed by atoms with Crippen LogP contribution in [0.4, 0.5) is 10.5 Å². The minimum Gasteiger partial charge on any atom is -0.355 e. The molecule has 3 aliphatic heterocycles. The van der Waals surface area contributed by atoms with Crippen LogP contribution in [0.2, 0.25) is 0 Å². The first-order valence-electron chi connectivity index (χ1n) is 8.32. The van der Waals surface area contributed by atoms with Crippen molar-refractivity contribution in [2.45, 2.75) is 6.42 Å². The molecule has 2 atom stereocenters. The van der Waals surface area contributed by atoms with Crippen LogP contribution in [0.1, 0.15) is 16.8 Å². The number of hydrogen-bond acceptors (Lipinski definition) is 4. The van der Waals surface area contributed by atoms with Crippen LogP contribution in [0.3, 0.4) is 0 Å². The van der Waals surface area contributed by atoms with Crippen molar-refractivity contribution in [2.24, 2.45) is 11.8 Å². The number of carbonyl (C=O) groups excluding carboxylic acids is 4. The second-order valence-corrected chi connectivity index (χ2v) is 6.59. The van der Waals surface area contributed by atoms with Crippen molar-refractivity contribution in [3.63, 3.8) is 0 Å². The fraction of sp³-hybridized carbons (Fsp3) is 0.412. The molecule has 130 valence electrons. The van der Waals surface area contributed by atoms with Crippen molar-refractivity contribution in [2.75, 3.05) is 31.1 Å². The lowest BCUT2D eigenvalue weighted by Gasteiger charge is -2.29. The first kappa shape index (κ1) is 15.6. The van der Waals surface area contributed by atoms with Gasteiger partial charge in [-0.2, -0.15) is 0 Å². The zero-order chi connectivity index (χ0) is 17.6. The zero-order valence-electron chi connectivity index (χ0n) is 13.5. The summed E-state index contributed by atoms with van der Waals surface area (Å²) in [5.74, 6) is -0.500. The molecule has 5 amide bonds. The number of anilines is 1. The molecule has 2 N–H and O–H groups in total. The molecule has 0 spiro atoms. The molecule has 0 saturated carbocycles. The summed E-state index contributed by atoms with van der Waals surface area (Å²) in [6.07, 6.45) is 0.197. The lowest BCUT2D eigenvalue weighted by Crippen LogP contribution is -2.50. The van der Waals surface area contributed by atoms with Gasteiger partial charge in [-0.25, -0.2) is 4.79 Å². The molecule has 0 bridgehead atoms. The van der Waals surface area contributed by atoms with Gasteiger partial charge in [0, 0.05) is 38.5 Å². The summed E-state index contributed by atoms with van der Waals surface area (Å²) in [5, 5.41) is 5.10. The van der Waals surface area contributed by atoms with Gasteiger partial charge in [0.15, 0.2) is 0 Å². The van der Waals surface area contributed by atoms with Gasteiger partial charge in [0.25, 0.3) is 5.91 Å². The number of hydrogen-bond donors (Lipinski definition) is 2. The SMILES string of the molecule is O=C1CCN(c2ccccc2C(=O)N2C[C@@H]3CNC(=O)[C@@H]3C2)C(=O)N1. The van der Waals surface area contributed by atoms with Gasteiger partial charge >= 0.3 is 6.03 Å². The topological polar surface area (TPSA) is 98.8 Å². The molecule has 1 aromatic carbocycles. The van der Waals surface area contributed by atoms with E-state index in [-0.39, 0.29) is 42.5 Å². The summed E-state index contributed by atoms with van der Waals surface area (Å²) in [7, 11) is 0. The molecule has 0 radical (unpaired) electrons. The molecule has 4 rings (SSSR count). The normalized spacial score (nSPS) is 25.7. The molecular formula is C17H18N4O4. The third-order valence-electron chi connectivity index (χ3n) is 5.08. The highest BCUT2D eigenvalue weighted by Crippen LogP contribution is 2.30. The van der Waals surface area contributed by atoms with E-state index in [0.717, 1.165) is 0 Å². The number of fused-ring (bicyclic) bond motifs is 1. The first-order valence-corrected chi connectivity index (χ1v) is 8.32. The van der Waals surface area contributed by atoms with Crippen LogP contribution in [-0.2, 0) is 9.59 Å². The molecular weight excluding hydrogens is 324 g/mol. The van der Waals surface area contributed by atoms with E-state index >= 15 is 0 Å². The number of rotatable bonds is 2. The predicted octanol–water partition coefficient (Wildman–Crippen LogP) is -0.0491. The monoisotopic (exact) mass is 342 g/mol. The summed E-state index contributed by atoms with van der Waals surface area (Å²) in [6.45, 7) is 1.77. The minimum absolute atomic E-state index is 0.00232. The second kappa shape index (κ2) is 5.87. The van der Waals surface area contributed by atoms with Crippen LogP contribution in [-0.4, -0.2) is 54.8 Å². The van der Waals surface area contributed by atoms with Crippen molar-refractivity contribution in [1.82, 2.24) is 15.5 Å². The fourth-order valence-corrected chi connectivity index (χ4v) is 3.76. The number of nitrogens with zero attached hydrogens (tertiary/aromatic N) is 2. The maximum absolute atomic E-state index is 13.0. The van der Waals surface area contributed by atoms with Crippen LogP contribution in [0, 0.1) is 11.8 Å². The van der Waals surface area contributed by atoms with E-state index in [1.165, 1.54) is 4.90 Å². The Morgan fingerprint density at radius 1 is 1.12 bits per heavy atom. The van der Waals surface area contributed by atoms with Crippen molar-refractivity contribution in [3.05, 3.63) is 29.8 Å². The Balaban J connectivity index is 1.59. The van der Waals surface area contributed by atoms with Crippen LogP contribution in [0.25, 0.3) is 0 Å². The van der Waals surface area contributed by atoms with Gasteiger partial charge in [-0.15, -0.1) is 0 Å². The minimum atomic E-state index is -0.519. The molecule has 3 heterocycles. The molecule has 25 heavy (non-hydrogen) atoms. The van der Waals surface area contributed by atoms with E-state index in [1.807, 2.05) is 0 Å². The average molecular weight is 342 g/mol. The van der Waals surface area contributed by atoms with Crippen molar-refractivity contribution >= 4 is 29.4 Å². The van der Waals surface area contributed by atoms with Crippen molar-refractivity contribution in [3.8, 4) is 0 Å². The van der Waals surface area contributed by atoms with Crippen LogP contribution >= 0.6 is 0 Å². The molecule has 3 saturated heterocycles. The zero-order valence-corrected chi connectivity index (χ0v) is 13.5. The summed E-state index contributed by atoms with van der Waals surface area (Å²) in [4.78, 5) is 51.4. The Labute approximate surface area is 144 Å².